The van der Waals surface area contributed by atoms with E-state index in [-0.39, 0.29) is 42.4 Å². The van der Waals surface area contributed by atoms with Crippen molar-refractivity contribution in [3.63, 3.8) is 0 Å². The molecule has 10 heteroatoms. The van der Waals surface area contributed by atoms with Crippen LogP contribution in [-0.4, -0.2) is 57.6 Å². The van der Waals surface area contributed by atoms with Gasteiger partial charge in [0.25, 0.3) is 5.56 Å². The quantitative estimate of drug-likeness (QED) is 0.226. The summed E-state index contributed by atoms with van der Waals surface area (Å²) in [7, 11) is 0. The van der Waals surface area contributed by atoms with E-state index in [1.807, 2.05) is 33.8 Å². The highest BCUT2D eigenvalue weighted by Crippen LogP contribution is 2.33. The van der Waals surface area contributed by atoms with Crippen molar-refractivity contribution in [2.24, 2.45) is 11.8 Å². The largest absolute Gasteiger partial charge is 0.503 e. The van der Waals surface area contributed by atoms with Crippen molar-refractivity contribution < 1.29 is 24.5 Å². The molecule has 2 rings (SSSR count). The fourth-order valence-corrected chi connectivity index (χ4v) is 4.24. The van der Waals surface area contributed by atoms with Crippen molar-refractivity contribution in [1.82, 2.24) is 9.47 Å². The predicted molar refractivity (Wildman–Crippen MR) is 147 cm³/mol. The molecule has 1 aromatic heterocycles. The molecule has 0 radical (unpaired) electrons. The molecular weight excluding hydrogens is 500 g/mol. The maximum Gasteiger partial charge on any atom is 0.259 e. The molecule has 2 heterocycles. The van der Waals surface area contributed by atoms with Crippen molar-refractivity contribution in [2.45, 2.75) is 73.1 Å². The summed E-state index contributed by atoms with van der Waals surface area (Å²) in [5.74, 6) is -2.74. The molecule has 210 valence electrons. The molecule has 0 bridgehead atoms. The molecule has 2 unspecified atom stereocenters. The SMILES string of the molecule is [C-]#[N+]c1c(C)c(C=C=CC2=C(O)N(CCCOC(C)C)C(=O)C(C#N)C2C)c(=O)n(CCCOC(C)C)c1O. The highest BCUT2D eigenvalue weighted by atomic mass is 16.5. The Morgan fingerprint density at radius 3 is 2.21 bits per heavy atom. The van der Waals surface area contributed by atoms with Crippen LogP contribution < -0.4 is 5.56 Å². The summed E-state index contributed by atoms with van der Waals surface area (Å²) < 4.78 is 12.2. The predicted octanol–water partition coefficient (Wildman–Crippen LogP) is 4.60. The number of allylic oxidation sites excluding steroid dienone is 2. The van der Waals surface area contributed by atoms with Crippen molar-refractivity contribution in [3.8, 4) is 11.9 Å². The molecule has 10 nitrogen and oxygen atoms in total. The lowest BCUT2D eigenvalue weighted by Gasteiger charge is -2.33. The zero-order valence-corrected chi connectivity index (χ0v) is 23.5. The second kappa shape index (κ2) is 14.4. The van der Waals surface area contributed by atoms with Gasteiger partial charge in [0.15, 0.2) is 11.8 Å². The third-order valence-electron chi connectivity index (χ3n) is 6.41. The molecule has 0 spiro atoms. The first-order valence-electron chi connectivity index (χ1n) is 13.1. The van der Waals surface area contributed by atoms with Crippen LogP contribution in [-0.2, 0) is 20.8 Å². The average Bonchev–Trinajstić information content (AvgIpc) is 2.87. The van der Waals surface area contributed by atoms with Gasteiger partial charge in [-0.15, -0.1) is 5.73 Å². The number of nitrogens with zero attached hydrogens (tertiary/aromatic N) is 4. The minimum Gasteiger partial charge on any atom is -0.503 e. The second-order valence-electron chi connectivity index (χ2n) is 9.95. The van der Waals surface area contributed by atoms with Crippen molar-refractivity contribution >= 4 is 17.7 Å². The highest BCUT2D eigenvalue weighted by Gasteiger charge is 2.39. The number of ether oxygens (including phenoxy) is 2. The first-order valence-corrected chi connectivity index (χ1v) is 13.1. The Bertz CT molecular complexity index is 1290. The third-order valence-corrected chi connectivity index (χ3v) is 6.41. The molecular formula is C29H38N4O6. The zero-order valence-electron chi connectivity index (χ0n) is 23.5. The minimum absolute atomic E-state index is 0.0314. The molecule has 1 aromatic rings. The Hall–Kier alpha value is -3.82. The summed E-state index contributed by atoms with van der Waals surface area (Å²) in [5.41, 5.74) is 3.16. The van der Waals surface area contributed by atoms with Gasteiger partial charge in [0.1, 0.15) is 5.92 Å². The maximum atomic E-state index is 13.2. The molecule has 2 N–H and O–H groups in total. The first-order chi connectivity index (χ1) is 18.5. The highest BCUT2D eigenvalue weighted by molar-refractivity contribution is 5.85. The molecule has 1 amide bonds. The number of hydrogen-bond acceptors (Lipinski definition) is 7. The van der Waals surface area contributed by atoms with Gasteiger partial charge in [-0.2, -0.15) is 5.26 Å². The van der Waals surface area contributed by atoms with Crippen LogP contribution in [0.4, 0.5) is 5.69 Å². The Labute approximate surface area is 229 Å². The molecule has 1 aliphatic heterocycles. The number of carbonyl (C=O) groups excluding carboxylic acids is 1. The maximum absolute atomic E-state index is 13.2. The molecule has 0 aromatic carbocycles. The monoisotopic (exact) mass is 538 g/mol. The summed E-state index contributed by atoms with van der Waals surface area (Å²) >= 11 is 0. The number of aromatic hydroxyl groups is 1. The van der Waals surface area contributed by atoms with Gasteiger partial charge in [0, 0.05) is 43.4 Å². The lowest BCUT2D eigenvalue weighted by atomic mass is 9.84. The lowest BCUT2D eigenvalue weighted by molar-refractivity contribution is -0.136. The number of amides is 1. The summed E-state index contributed by atoms with van der Waals surface area (Å²) in [5, 5.41) is 31.1. The topological polar surface area (TPSA) is 129 Å². The van der Waals surface area contributed by atoms with Crippen LogP contribution in [0.5, 0.6) is 5.88 Å². The van der Waals surface area contributed by atoms with Crippen LogP contribution in [0.25, 0.3) is 10.9 Å². The van der Waals surface area contributed by atoms with Crippen LogP contribution in [0.3, 0.4) is 0 Å². The average molecular weight is 539 g/mol. The van der Waals surface area contributed by atoms with Gasteiger partial charge in [-0.1, -0.05) is 6.92 Å². The Morgan fingerprint density at radius 2 is 1.67 bits per heavy atom. The normalized spacial score (nSPS) is 17.3. The molecule has 0 saturated heterocycles. The lowest BCUT2D eigenvalue weighted by Crippen LogP contribution is -2.43. The van der Waals surface area contributed by atoms with Crippen LogP contribution in [0, 0.1) is 36.7 Å². The van der Waals surface area contributed by atoms with E-state index in [1.165, 1.54) is 17.1 Å². The fourth-order valence-electron chi connectivity index (χ4n) is 4.24. The first kappa shape index (κ1) is 31.4. The molecule has 0 fully saturated rings. The van der Waals surface area contributed by atoms with Crippen LogP contribution in [0.2, 0.25) is 0 Å². The van der Waals surface area contributed by atoms with Crippen molar-refractivity contribution in [1.29, 1.82) is 5.26 Å². The van der Waals surface area contributed by atoms with E-state index < -0.39 is 29.2 Å². The smallest absolute Gasteiger partial charge is 0.259 e. The summed E-state index contributed by atoms with van der Waals surface area (Å²) in [4.78, 5) is 30.6. The number of carbonyl (C=O) groups is 1. The number of nitriles is 1. The number of aliphatic hydroxyl groups is 1. The Morgan fingerprint density at radius 1 is 1.08 bits per heavy atom. The second-order valence-corrected chi connectivity index (χ2v) is 9.95. The van der Waals surface area contributed by atoms with Gasteiger partial charge >= 0.3 is 0 Å². The molecule has 39 heavy (non-hydrogen) atoms. The number of aromatic nitrogens is 1. The van der Waals surface area contributed by atoms with Crippen LogP contribution in [0.1, 0.15) is 58.6 Å². The van der Waals surface area contributed by atoms with Gasteiger partial charge in [-0.05, 0) is 65.2 Å². The minimum atomic E-state index is -0.991. The van der Waals surface area contributed by atoms with Crippen molar-refractivity contribution in [2.75, 3.05) is 19.8 Å². The van der Waals surface area contributed by atoms with E-state index in [9.17, 15) is 25.1 Å². The Balaban J connectivity index is 2.46. The van der Waals surface area contributed by atoms with Gasteiger partial charge in [-0.25, -0.2) is 4.85 Å². The molecule has 0 saturated carbocycles. The van der Waals surface area contributed by atoms with E-state index in [0.29, 0.717) is 37.2 Å². The number of rotatable bonds is 12. The van der Waals surface area contributed by atoms with Gasteiger partial charge in [0.2, 0.25) is 11.6 Å². The summed E-state index contributed by atoms with van der Waals surface area (Å²) in [6, 6.07) is 2.03. The van der Waals surface area contributed by atoms with Crippen molar-refractivity contribution in [3.05, 3.63) is 56.2 Å². The zero-order chi connectivity index (χ0) is 29.3. The van der Waals surface area contributed by atoms with Gasteiger partial charge in [0.05, 0.1) is 24.8 Å². The van der Waals surface area contributed by atoms with E-state index in [4.69, 9.17) is 16.0 Å². The molecule has 0 aliphatic carbocycles. The van der Waals surface area contributed by atoms with E-state index >= 15 is 0 Å². The van der Waals surface area contributed by atoms with E-state index in [0.717, 1.165) is 4.57 Å². The molecule has 2 atom stereocenters. The summed E-state index contributed by atoms with van der Waals surface area (Å²) in [6.45, 7) is 19.5. The molecule has 1 aliphatic rings. The van der Waals surface area contributed by atoms with E-state index in [1.54, 1.807) is 13.8 Å². The number of pyridine rings is 1. The van der Waals surface area contributed by atoms with Gasteiger partial charge < -0.3 is 19.7 Å². The summed E-state index contributed by atoms with van der Waals surface area (Å²) in [6.07, 6.45) is 3.83. The van der Waals surface area contributed by atoms with Crippen LogP contribution in [0.15, 0.2) is 28.1 Å². The standard InChI is InChI=1S/C29H38N4O6/c1-18(2)38-15-9-13-32-26(34)22(20(5)24(17-30)28(32)36)11-8-12-23-21(6)25(31-7)29(37)33(27(23)35)14-10-16-39-19(3)4/h11-12,18-20,24,34,37H,9-10,13-16H2,1-6H3. The van der Waals surface area contributed by atoms with Gasteiger partial charge in [-0.3, -0.25) is 19.1 Å². The number of aliphatic hydroxyl groups excluding tert-OH is 1. The third kappa shape index (κ3) is 7.61. The Kier molecular flexibility index (Phi) is 11.6. The fraction of sp³-hybridized carbons (Fsp3) is 0.552. The van der Waals surface area contributed by atoms with Crippen LogP contribution >= 0.6 is 0 Å². The number of hydrogen-bond donors (Lipinski definition) is 2. The van der Waals surface area contributed by atoms with E-state index in [2.05, 4.69) is 10.6 Å².